The van der Waals surface area contributed by atoms with Crippen molar-refractivity contribution < 1.29 is 0 Å². The van der Waals surface area contributed by atoms with Crippen LogP contribution in [0.3, 0.4) is 0 Å². The molecule has 0 fully saturated rings. The second kappa shape index (κ2) is 2.22. The van der Waals surface area contributed by atoms with Crippen molar-refractivity contribution in [2.24, 2.45) is 5.92 Å². The minimum absolute atomic E-state index is 0.642. The van der Waals surface area contributed by atoms with Gasteiger partial charge in [0.25, 0.3) is 0 Å². The molecule has 1 aliphatic carbocycles. The van der Waals surface area contributed by atoms with E-state index in [1.165, 1.54) is 5.17 Å². The standard InChI is InChI=1S/C7H10Si/c1-6-2-4-7(8)5-3-6/h2-6H,8H2,1H3. The molecule has 0 bridgehead atoms. The SMILES string of the molecule is CC1C=CC(=[SiH2])C=C1. The summed E-state index contributed by atoms with van der Waals surface area (Å²) in [6.07, 6.45) is 8.76. The first kappa shape index (κ1) is 5.70. The van der Waals surface area contributed by atoms with Crippen molar-refractivity contribution in [3.8, 4) is 0 Å². The number of allylic oxidation sites excluding steroid dienone is 4. The average Bonchev–Trinajstić information content (AvgIpc) is 1.77. The van der Waals surface area contributed by atoms with Gasteiger partial charge in [-0.25, -0.2) is 0 Å². The Morgan fingerprint density at radius 3 is 2.25 bits per heavy atom. The molecule has 0 atom stereocenters. The molecule has 0 N–H and O–H groups in total. The molecule has 0 saturated carbocycles. The lowest BCUT2D eigenvalue weighted by molar-refractivity contribution is 0.938. The monoisotopic (exact) mass is 122 g/mol. The summed E-state index contributed by atoms with van der Waals surface area (Å²) in [6, 6.07) is 0. The van der Waals surface area contributed by atoms with Gasteiger partial charge in [0.15, 0.2) is 0 Å². The maximum Gasteiger partial charge on any atom is -0.00755 e. The molecule has 0 aromatic heterocycles. The largest absolute Gasteiger partial charge is 0.0777 e. The fourth-order valence-electron chi connectivity index (χ4n) is 0.670. The molecule has 1 heteroatoms. The van der Waals surface area contributed by atoms with Gasteiger partial charge in [-0.15, -0.1) is 0 Å². The van der Waals surface area contributed by atoms with Gasteiger partial charge in [0.2, 0.25) is 0 Å². The normalized spacial score (nSPS) is 19.9. The Morgan fingerprint density at radius 1 is 1.38 bits per heavy atom. The van der Waals surface area contributed by atoms with Crippen molar-refractivity contribution in [1.29, 1.82) is 0 Å². The first-order valence-electron chi connectivity index (χ1n) is 2.84. The molecule has 0 heterocycles. The zero-order chi connectivity index (χ0) is 5.98. The first-order chi connectivity index (χ1) is 3.79. The predicted molar refractivity (Wildman–Crippen MR) is 41.0 cm³/mol. The summed E-state index contributed by atoms with van der Waals surface area (Å²) in [6.45, 7) is 2.18. The summed E-state index contributed by atoms with van der Waals surface area (Å²) in [7, 11) is 1.92. The average molecular weight is 122 g/mol. The smallest absolute Gasteiger partial charge is 0.00755 e. The Morgan fingerprint density at radius 2 is 1.88 bits per heavy atom. The topological polar surface area (TPSA) is 0 Å². The van der Waals surface area contributed by atoms with Crippen LogP contribution in [0.4, 0.5) is 0 Å². The van der Waals surface area contributed by atoms with Gasteiger partial charge < -0.3 is 0 Å². The molecule has 1 rings (SSSR count). The first-order valence-corrected chi connectivity index (χ1v) is 3.55. The number of rotatable bonds is 0. The molecule has 42 valence electrons. The summed E-state index contributed by atoms with van der Waals surface area (Å²) in [5, 5.41) is 1.38. The van der Waals surface area contributed by atoms with Gasteiger partial charge in [0.05, 0.1) is 0 Å². The van der Waals surface area contributed by atoms with Gasteiger partial charge in [0, 0.05) is 0 Å². The lowest BCUT2D eigenvalue weighted by atomic mass is 10.1. The fourth-order valence-corrected chi connectivity index (χ4v) is 0.943. The molecule has 0 aromatic rings. The number of hydrogen-bond acceptors (Lipinski definition) is 0. The zero-order valence-corrected chi connectivity index (χ0v) is 6.51. The van der Waals surface area contributed by atoms with Crippen LogP contribution in [0, 0.1) is 5.92 Å². The van der Waals surface area contributed by atoms with Crippen molar-refractivity contribution in [1.82, 2.24) is 0 Å². The molecule has 0 spiro atoms. The van der Waals surface area contributed by atoms with Crippen LogP contribution in [0.5, 0.6) is 0 Å². The quantitative estimate of drug-likeness (QED) is 0.412. The van der Waals surface area contributed by atoms with E-state index in [2.05, 4.69) is 31.2 Å². The Hall–Kier alpha value is -0.433. The highest BCUT2D eigenvalue weighted by Gasteiger charge is 1.93. The van der Waals surface area contributed by atoms with Gasteiger partial charge in [-0.2, -0.15) is 0 Å². The molecule has 0 aromatic carbocycles. The van der Waals surface area contributed by atoms with Crippen molar-refractivity contribution in [2.75, 3.05) is 0 Å². The van der Waals surface area contributed by atoms with Gasteiger partial charge >= 0.3 is 0 Å². The third-order valence-electron chi connectivity index (χ3n) is 1.23. The van der Waals surface area contributed by atoms with Crippen LogP contribution in [0.15, 0.2) is 24.3 Å². The van der Waals surface area contributed by atoms with Crippen LogP contribution in [0.1, 0.15) is 6.92 Å². The zero-order valence-electron chi connectivity index (χ0n) is 5.09. The molecule has 0 saturated heterocycles. The highest BCUT2D eigenvalue weighted by atomic mass is 28.1. The van der Waals surface area contributed by atoms with Crippen LogP contribution in [0.25, 0.3) is 0 Å². The van der Waals surface area contributed by atoms with E-state index in [0.29, 0.717) is 5.92 Å². The Kier molecular flexibility index (Phi) is 1.58. The molecule has 1 aliphatic rings. The molecule has 0 nitrogen and oxygen atoms in total. The van der Waals surface area contributed by atoms with E-state index in [1.807, 2.05) is 9.85 Å². The van der Waals surface area contributed by atoms with Gasteiger partial charge in [-0.1, -0.05) is 36.4 Å². The molecule has 0 amide bonds. The molecular weight excluding hydrogens is 112 g/mol. The van der Waals surface area contributed by atoms with Gasteiger partial charge in [0.1, 0.15) is 0 Å². The fraction of sp³-hybridized carbons (Fsp3) is 0.286. The van der Waals surface area contributed by atoms with Crippen LogP contribution in [-0.2, 0) is 0 Å². The molecule has 0 aliphatic heterocycles. The van der Waals surface area contributed by atoms with Crippen LogP contribution >= 0.6 is 0 Å². The summed E-state index contributed by atoms with van der Waals surface area (Å²) in [5.74, 6) is 0.642. The van der Waals surface area contributed by atoms with Gasteiger partial charge in [-0.05, 0) is 15.8 Å². The second-order valence-corrected chi connectivity index (χ2v) is 2.97. The van der Waals surface area contributed by atoms with Crippen molar-refractivity contribution in [3.05, 3.63) is 24.3 Å². The molecule has 0 unspecified atom stereocenters. The van der Waals surface area contributed by atoms with Crippen LogP contribution in [0.2, 0.25) is 0 Å². The van der Waals surface area contributed by atoms with Crippen molar-refractivity contribution in [3.63, 3.8) is 0 Å². The van der Waals surface area contributed by atoms with E-state index >= 15 is 0 Å². The summed E-state index contributed by atoms with van der Waals surface area (Å²) in [4.78, 5) is 0. The molecule has 0 radical (unpaired) electrons. The second-order valence-electron chi connectivity index (χ2n) is 2.15. The van der Waals surface area contributed by atoms with Gasteiger partial charge in [-0.3, -0.25) is 0 Å². The van der Waals surface area contributed by atoms with Crippen molar-refractivity contribution >= 4 is 15.0 Å². The Labute approximate surface area is 53.0 Å². The van der Waals surface area contributed by atoms with E-state index in [1.54, 1.807) is 0 Å². The predicted octanol–water partition coefficient (Wildman–Crippen LogP) is 0.554. The highest BCUT2D eigenvalue weighted by Crippen LogP contribution is 2.03. The Bertz CT molecular complexity index is 138. The minimum Gasteiger partial charge on any atom is -0.0777 e. The Balaban J connectivity index is 2.68. The van der Waals surface area contributed by atoms with E-state index in [0.717, 1.165) is 0 Å². The molecule has 8 heavy (non-hydrogen) atoms. The van der Waals surface area contributed by atoms with Crippen LogP contribution in [-0.4, -0.2) is 15.0 Å². The minimum atomic E-state index is 0.642. The summed E-state index contributed by atoms with van der Waals surface area (Å²) >= 11 is 0. The highest BCUT2D eigenvalue weighted by molar-refractivity contribution is 6.45. The third-order valence-corrected chi connectivity index (χ3v) is 1.70. The van der Waals surface area contributed by atoms with E-state index < -0.39 is 0 Å². The maximum atomic E-state index is 2.21. The van der Waals surface area contributed by atoms with Crippen molar-refractivity contribution in [2.45, 2.75) is 6.92 Å². The van der Waals surface area contributed by atoms with E-state index in [-0.39, 0.29) is 0 Å². The van der Waals surface area contributed by atoms with E-state index in [4.69, 9.17) is 0 Å². The summed E-state index contributed by atoms with van der Waals surface area (Å²) in [5.41, 5.74) is 0. The number of hydrogen-bond donors (Lipinski definition) is 0. The lowest BCUT2D eigenvalue weighted by Crippen LogP contribution is -1.96. The van der Waals surface area contributed by atoms with E-state index in [9.17, 15) is 0 Å². The molecular formula is C7H10Si. The summed E-state index contributed by atoms with van der Waals surface area (Å²) < 4.78 is 0. The third kappa shape index (κ3) is 1.27. The van der Waals surface area contributed by atoms with Crippen LogP contribution < -0.4 is 0 Å². The maximum absolute atomic E-state index is 2.21. The lowest BCUT2D eigenvalue weighted by Gasteiger charge is -2.02.